The van der Waals surface area contributed by atoms with Gasteiger partial charge in [-0.05, 0) is 19.1 Å². The molecule has 2 atom stereocenters. The van der Waals surface area contributed by atoms with Gasteiger partial charge in [-0.15, -0.1) is 0 Å². The van der Waals surface area contributed by atoms with Gasteiger partial charge in [0, 0.05) is 11.1 Å². The molecule has 0 spiro atoms. The van der Waals surface area contributed by atoms with Crippen molar-refractivity contribution in [1.82, 2.24) is 0 Å². The zero-order valence-electron chi connectivity index (χ0n) is 8.38. The first-order chi connectivity index (χ1) is 7.41. The molecule has 0 aliphatic carbocycles. The van der Waals surface area contributed by atoms with Crippen molar-refractivity contribution in [1.29, 1.82) is 0 Å². The largest absolute Gasteiger partial charge is 0.750 e. The number of phenolic OH excluding ortho intramolecular Hbond substituents is 1. The number of phenols is 1. The van der Waals surface area contributed by atoms with Crippen molar-refractivity contribution in [3.63, 3.8) is 0 Å². The highest BCUT2D eigenvalue weighted by Gasteiger charge is 2.13. The van der Waals surface area contributed by atoms with Crippen LogP contribution in [-0.2, 0) is 15.5 Å². The van der Waals surface area contributed by atoms with Gasteiger partial charge in [-0.3, -0.25) is 8.98 Å². The second-order valence-electron chi connectivity index (χ2n) is 3.08. The van der Waals surface area contributed by atoms with Crippen LogP contribution in [0.25, 0.3) is 0 Å². The van der Waals surface area contributed by atoms with Crippen molar-refractivity contribution >= 4 is 17.3 Å². The molecule has 1 aromatic rings. The van der Waals surface area contributed by atoms with E-state index in [9.17, 15) is 18.7 Å². The summed E-state index contributed by atoms with van der Waals surface area (Å²) >= 11 is -2.67. The molecule has 3 N–H and O–H groups in total. The van der Waals surface area contributed by atoms with Gasteiger partial charge in [0.1, 0.15) is 5.75 Å². The number of aromatic hydroxyl groups is 1. The summed E-state index contributed by atoms with van der Waals surface area (Å²) in [4.78, 5) is 10.8. The second-order valence-corrected chi connectivity index (χ2v) is 3.68. The molecule has 0 bridgehead atoms. The number of amides is 1. The zero-order chi connectivity index (χ0) is 12.3. The maximum atomic E-state index is 10.8. The molecule has 6 nitrogen and oxygen atoms in total. The number of carbonyl (C=O) groups is 1. The highest BCUT2D eigenvalue weighted by atomic mass is 32.2. The summed E-state index contributed by atoms with van der Waals surface area (Å²) in [5.41, 5.74) is 5.40. The molecule has 2 unspecified atom stereocenters. The highest BCUT2D eigenvalue weighted by Crippen LogP contribution is 2.27. The maximum absolute atomic E-state index is 10.8. The Morgan fingerprint density at radius 3 is 2.69 bits per heavy atom. The molecular formula is C9H10NO5S-. The lowest BCUT2D eigenvalue weighted by atomic mass is 10.1. The molecule has 0 radical (unpaired) electrons. The van der Waals surface area contributed by atoms with Crippen LogP contribution in [-0.4, -0.2) is 19.8 Å². The molecule has 1 aromatic carbocycles. The molecule has 1 amide bonds. The van der Waals surface area contributed by atoms with Crippen molar-refractivity contribution in [3.05, 3.63) is 29.3 Å². The fourth-order valence-corrected chi connectivity index (χ4v) is 1.55. The van der Waals surface area contributed by atoms with Crippen LogP contribution in [0.4, 0.5) is 0 Å². The molecule has 0 fully saturated rings. The van der Waals surface area contributed by atoms with Crippen molar-refractivity contribution in [2.24, 2.45) is 5.73 Å². The Hall–Kier alpha value is -1.44. The normalized spacial score (nSPS) is 14.4. The fraction of sp³-hybridized carbons (Fsp3) is 0.222. The molecule has 0 aliphatic heterocycles. The van der Waals surface area contributed by atoms with E-state index in [1.54, 1.807) is 0 Å². The molecule has 1 rings (SSSR count). The van der Waals surface area contributed by atoms with E-state index in [4.69, 9.17) is 5.73 Å². The smallest absolute Gasteiger partial charge is 0.248 e. The first-order valence-electron chi connectivity index (χ1n) is 4.31. The first-order valence-corrected chi connectivity index (χ1v) is 5.31. The van der Waals surface area contributed by atoms with Crippen LogP contribution in [0.1, 0.15) is 28.9 Å². The van der Waals surface area contributed by atoms with E-state index in [0.29, 0.717) is 0 Å². The number of benzene rings is 1. The number of carbonyl (C=O) groups excluding carboxylic acids is 1. The van der Waals surface area contributed by atoms with Gasteiger partial charge in [-0.2, -0.15) is 0 Å². The summed E-state index contributed by atoms with van der Waals surface area (Å²) in [6, 6.07) is 3.92. The molecule has 0 heterocycles. The molecule has 0 aliphatic rings. The van der Waals surface area contributed by atoms with Crippen molar-refractivity contribution in [3.8, 4) is 5.75 Å². The van der Waals surface area contributed by atoms with Crippen molar-refractivity contribution < 1.29 is 22.8 Å². The first kappa shape index (κ1) is 12.6. The summed E-state index contributed by atoms with van der Waals surface area (Å²) in [6.45, 7) is 1.45. The summed E-state index contributed by atoms with van der Waals surface area (Å²) in [6.07, 6.45) is -0.833. The van der Waals surface area contributed by atoms with Gasteiger partial charge in [-0.25, -0.2) is 4.21 Å². The Bertz CT molecular complexity index is 434. The minimum Gasteiger partial charge on any atom is -0.750 e. The lowest BCUT2D eigenvalue weighted by Gasteiger charge is -2.15. The van der Waals surface area contributed by atoms with Gasteiger partial charge in [0.05, 0.1) is 17.5 Å². The van der Waals surface area contributed by atoms with Crippen LogP contribution >= 0.6 is 0 Å². The van der Waals surface area contributed by atoms with Crippen LogP contribution in [0.5, 0.6) is 5.75 Å². The van der Waals surface area contributed by atoms with E-state index in [1.165, 1.54) is 19.1 Å². The number of hydrogen-bond acceptors (Lipinski definition) is 5. The molecule has 0 saturated carbocycles. The zero-order valence-corrected chi connectivity index (χ0v) is 9.19. The van der Waals surface area contributed by atoms with Crippen LogP contribution in [0, 0.1) is 0 Å². The minimum absolute atomic E-state index is 0.136. The standard InChI is InChI=1S/C9H11NO5S/c1-5(15-16(13)14)7-3-2-6(9(10)12)4-8(7)11/h2-5,11H,1H3,(H2,10,12)(H,13,14)/p-1. The van der Waals surface area contributed by atoms with Gasteiger partial charge < -0.3 is 15.4 Å². The van der Waals surface area contributed by atoms with Gasteiger partial charge in [-0.1, -0.05) is 6.07 Å². The molecule has 88 valence electrons. The summed E-state index contributed by atoms with van der Waals surface area (Å²) < 4.78 is 25.0. The van der Waals surface area contributed by atoms with Gasteiger partial charge in [0.15, 0.2) is 0 Å². The molecule has 0 saturated heterocycles. The highest BCUT2D eigenvalue weighted by molar-refractivity contribution is 7.74. The van der Waals surface area contributed by atoms with Gasteiger partial charge in [0.2, 0.25) is 5.91 Å². The predicted molar refractivity (Wildman–Crippen MR) is 55.0 cm³/mol. The van der Waals surface area contributed by atoms with E-state index < -0.39 is 23.4 Å². The summed E-state index contributed by atoms with van der Waals surface area (Å²) in [5, 5.41) is 9.53. The number of primary amides is 1. The van der Waals surface area contributed by atoms with E-state index >= 15 is 0 Å². The fourth-order valence-electron chi connectivity index (χ4n) is 1.21. The average Bonchev–Trinajstić information content (AvgIpc) is 2.15. The van der Waals surface area contributed by atoms with Crippen LogP contribution in [0.15, 0.2) is 18.2 Å². The number of rotatable bonds is 4. The third kappa shape index (κ3) is 3.02. The van der Waals surface area contributed by atoms with Gasteiger partial charge in [0.25, 0.3) is 0 Å². The predicted octanol–water partition coefficient (Wildman–Crippen LogP) is 0.363. The Morgan fingerprint density at radius 2 is 2.25 bits per heavy atom. The Kier molecular flexibility index (Phi) is 3.99. The number of nitrogens with two attached hydrogens (primary N) is 1. The average molecular weight is 244 g/mol. The molecule has 16 heavy (non-hydrogen) atoms. The van der Waals surface area contributed by atoms with Crippen molar-refractivity contribution in [2.75, 3.05) is 0 Å². The third-order valence-electron chi connectivity index (χ3n) is 1.98. The van der Waals surface area contributed by atoms with E-state index in [2.05, 4.69) is 4.18 Å². The van der Waals surface area contributed by atoms with E-state index in [-0.39, 0.29) is 16.9 Å². The Labute approximate surface area is 94.5 Å². The Balaban J connectivity index is 2.98. The maximum Gasteiger partial charge on any atom is 0.248 e. The third-order valence-corrected chi connectivity index (χ3v) is 2.42. The number of hydrogen-bond donors (Lipinski definition) is 2. The quantitative estimate of drug-likeness (QED) is 0.742. The van der Waals surface area contributed by atoms with Gasteiger partial charge >= 0.3 is 0 Å². The van der Waals surface area contributed by atoms with Crippen LogP contribution in [0.3, 0.4) is 0 Å². The Morgan fingerprint density at radius 1 is 1.62 bits per heavy atom. The SMILES string of the molecule is CC(OS(=O)[O-])c1ccc(C(N)=O)cc1O. The molecule has 0 aromatic heterocycles. The molecule has 7 heteroatoms. The monoisotopic (exact) mass is 244 g/mol. The van der Waals surface area contributed by atoms with E-state index in [1.807, 2.05) is 0 Å². The molecular weight excluding hydrogens is 234 g/mol. The van der Waals surface area contributed by atoms with Crippen LogP contribution in [0.2, 0.25) is 0 Å². The van der Waals surface area contributed by atoms with E-state index in [0.717, 1.165) is 6.07 Å². The topological polar surface area (TPSA) is 113 Å². The lowest BCUT2D eigenvalue weighted by molar-refractivity contribution is 0.0999. The van der Waals surface area contributed by atoms with Crippen molar-refractivity contribution in [2.45, 2.75) is 13.0 Å². The lowest BCUT2D eigenvalue weighted by Crippen LogP contribution is -2.11. The minimum atomic E-state index is -2.67. The second kappa shape index (κ2) is 5.06. The summed E-state index contributed by atoms with van der Waals surface area (Å²) in [7, 11) is 0. The van der Waals surface area contributed by atoms with Crippen LogP contribution < -0.4 is 5.73 Å². The summed E-state index contributed by atoms with van der Waals surface area (Å²) in [5.74, 6) is -0.919.